The zero-order chi connectivity index (χ0) is 19.1. The SMILES string of the molecule is COC(=O)c1ccccc1NC(=O)/C(C#N)=C\N1CCC(C(N)=O)CC1. The van der Waals surface area contributed by atoms with E-state index in [1.807, 2.05) is 11.0 Å². The van der Waals surface area contributed by atoms with Crippen LogP contribution in [0.4, 0.5) is 5.69 Å². The van der Waals surface area contributed by atoms with Crippen molar-refractivity contribution in [3.63, 3.8) is 0 Å². The van der Waals surface area contributed by atoms with E-state index in [9.17, 15) is 19.6 Å². The minimum atomic E-state index is -0.624. The number of methoxy groups -OCH3 is 1. The number of amides is 2. The van der Waals surface area contributed by atoms with Gasteiger partial charge in [-0.1, -0.05) is 12.1 Å². The first-order valence-electron chi connectivity index (χ1n) is 8.10. The Kier molecular flexibility index (Phi) is 6.33. The second kappa shape index (κ2) is 8.67. The van der Waals surface area contributed by atoms with Crippen LogP contribution in [0.2, 0.25) is 0 Å². The first-order valence-corrected chi connectivity index (χ1v) is 8.10. The number of primary amides is 1. The van der Waals surface area contributed by atoms with Crippen LogP contribution in [0.5, 0.6) is 0 Å². The van der Waals surface area contributed by atoms with Gasteiger partial charge in [-0.15, -0.1) is 0 Å². The predicted octanol–water partition coefficient (Wildman–Crippen LogP) is 1.02. The van der Waals surface area contributed by atoms with Gasteiger partial charge in [0.15, 0.2) is 0 Å². The Morgan fingerprint density at radius 3 is 2.54 bits per heavy atom. The van der Waals surface area contributed by atoms with Crippen LogP contribution in [0.25, 0.3) is 0 Å². The number of nitrogens with one attached hydrogen (secondary N) is 1. The van der Waals surface area contributed by atoms with Crippen molar-refractivity contribution in [2.24, 2.45) is 11.7 Å². The molecule has 0 spiro atoms. The molecular formula is C18H20N4O4. The number of carbonyl (C=O) groups is 3. The number of anilines is 1. The van der Waals surface area contributed by atoms with Crippen LogP contribution in [-0.2, 0) is 14.3 Å². The molecule has 1 fully saturated rings. The molecule has 1 aliphatic rings. The number of para-hydroxylation sites is 1. The van der Waals surface area contributed by atoms with Crippen LogP contribution >= 0.6 is 0 Å². The van der Waals surface area contributed by atoms with E-state index in [0.717, 1.165) is 0 Å². The third-order valence-corrected chi connectivity index (χ3v) is 4.19. The summed E-state index contributed by atoms with van der Waals surface area (Å²) < 4.78 is 4.68. The van der Waals surface area contributed by atoms with Crippen LogP contribution in [-0.4, -0.2) is 42.9 Å². The normalized spacial score (nSPS) is 15.1. The summed E-state index contributed by atoms with van der Waals surface area (Å²) in [6.07, 6.45) is 2.63. The van der Waals surface area contributed by atoms with E-state index >= 15 is 0 Å². The van der Waals surface area contributed by atoms with Crippen molar-refractivity contribution < 1.29 is 19.1 Å². The molecule has 2 rings (SSSR count). The van der Waals surface area contributed by atoms with E-state index in [0.29, 0.717) is 25.9 Å². The van der Waals surface area contributed by atoms with Gasteiger partial charge in [-0.2, -0.15) is 5.26 Å². The number of piperidine rings is 1. The molecule has 1 heterocycles. The van der Waals surface area contributed by atoms with Gasteiger partial charge in [0.05, 0.1) is 18.4 Å². The molecule has 1 aromatic rings. The average molecular weight is 356 g/mol. The molecule has 0 aliphatic carbocycles. The Morgan fingerprint density at radius 2 is 1.96 bits per heavy atom. The van der Waals surface area contributed by atoms with E-state index < -0.39 is 11.9 Å². The molecule has 0 atom stereocenters. The molecule has 0 aromatic heterocycles. The summed E-state index contributed by atoms with van der Waals surface area (Å²) >= 11 is 0. The zero-order valence-corrected chi connectivity index (χ0v) is 14.4. The summed E-state index contributed by atoms with van der Waals surface area (Å²) in [5.41, 5.74) is 5.66. The molecule has 1 aromatic carbocycles. The van der Waals surface area contributed by atoms with E-state index in [1.54, 1.807) is 18.2 Å². The summed E-state index contributed by atoms with van der Waals surface area (Å²) in [7, 11) is 1.25. The molecule has 3 N–H and O–H groups in total. The lowest BCUT2D eigenvalue weighted by Crippen LogP contribution is -2.36. The molecule has 8 nitrogen and oxygen atoms in total. The van der Waals surface area contributed by atoms with E-state index in [1.165, 1.54) is 19.4 Å². The highest BCUT2D eigenvalue weighted by Crippen LogP contribution is 2.19. The van der Waals surface area contributed by atoms with Crippen LogP contribution in [0.15, 0.2) is 36.0 Å². The lowest BCUT2D eigenvalue weighted by atomic mass is 9.96. The van der Waals surface area contributed by atoms with Gasteiger partial charge in [-0.05, 0) is 25.0 Å². The monoisotopic (exact) mass is 356 g/mol. The van der Waals surface area contributed by atoms with Crippen LogP contribution in [0, 0.1) is 17.2 Å². The molecule has 0 bridgehead atoms. The Morgan fingerprint density at radius 1 is 1.31 bits per heavy atom. The molecule has 1 aliphatic heterocycles. The van der Waals surface area contributed by atoms with Gasteiger partial charge < -0.3 is 20.7 Å². The number of ether oxygens (including phenoxy) is 1. The summed E-state index contributed by atoms with van der Waals surface area (Å²) in [6.45, 7) is 1.07. The molecule has 2 amide bonds. The lowest BCUT2D eigenvalue weighted by molar-refractivity contribution is -0.123. The van der Waals surface area contributed by atoms with Gasteiger partial charge in [0, 0.05) is 25.2 Å². The number of nitrogens with two attached hydrogens (primary N) is 1. The van der Waals surface area contributed by atoms with E-state index in [4.69, 9.17) is 5.73 Å². The molecule has 8 heteroatoms. The Balaban J connectivity index is 2.10. The highest BCUT2D eigenvalue weighted by molar-refractivity contribution is 6.09. The topological polar surface area (TPSA) is 126 Å². The number of hydrogen-bond acceptors (Lipinski definition) is 6. The van der Waals surface area contributed by atoms with Gasteiger partial charge in [-0.25, -0.2) is 4.79 Å². The third-order valence-electron chi connectivity index (χ3n) is 4.19. The number of rotatable bonds is 5. The fraction of sp³-hybridized carbons (Fsp3) is 0.333. The summed E-state index contributed by atoms with van der Waals surface area (Å²) in [5, 5.41) is 11.9. The van der Waals surface area contributed by atoms with Crippen molar-refractivity contribution in [2.45, 2.75) is 12.8 Å². The number of nitriles is 1. The highest BCUT2D eigenvalue weighted by Gasteiger charge is 2.23. The number of carbonyl (C=O) groups excluding carboxylic acids is 3. The van der Waals surface area contributed by atoms with Crippen molar-refractivity contribution in [1.29, 1.82) is 5.26 Å². The quantitative estimate of drug-likeness (QED) is 0.461. The summed E-state index contributed by atoms with van der Waals surface area (Å²) in [5.74, 6) is -1.71. The van der Waals surface area contributed by atoms with Gasteiger partial charge in [0.2, 0.25) is 5.91 Å². The Hall–Kier alpha value is -3.34. The maximum absolute atomic E-state index is 12.4. The van der Waals surface area contributed by atoms with Crippen LogP contribution in [0.3, 0.4) is 0 Å². The molecule has 0 saturated carbocycles. The minimum absolute atomic E-state index is 0.0952. The number of nitrogens with zero attached hydrogens (tertiary/aromatic N) is 2. The van der Waals surface area contributed by atoms with E-state index in [-0.39, 0.29) is 28.6 Å². The molecule has 136 valence electrons. The number of esters is 1. The second-order valence-electron chi connectivity index (χ2n) is 5.86. The number of likely N-dealkylation sites (tertiary alicyclic amines) is 1. The van der Waals surface area contributed by atoms with Crippen molar-refractivity contribution in [2.75, 3.05) is 25.5 Å². The highest BCUT2D eigenvalue weighted by atomic mass is 16.5. The van der Waals surface area contributed by atoms with Crippen molar-refractivity contribution in [3.05, 3.63) is 41.6 Å². The average Bonchev–Trinajstić information content (AvgIpc) is 2.66. The summed E-state index contributed by atoms with van der Waals surface area (Å²) in [6, 6.07) is 8.24. The standard InChI is InChI=1S/C18H20N4O4/c1-26-18(25)14-4-2-3-5-15(14)21-17(24)13(10-19)11-22-8-6-12(7-9-22)16(20)23/h2-5,11-12H,6-9H2,1H3,(H2,20,23)(H,21,24)/b13-11-. The maximum atomic E-state index is 12.4. The Labute approximate surface area is 151 Å². The second-order valence-corrected chi connectivity index (χ2v) is 5.86. The summed E-state index contributed by atoms with van der Waals surface area (Å²) in [4.78, 5) is 37.2. The predicted molar refractivity (Wildman–Crippen MR) is 93.6 cm³/mol. The van der Waals surface area contributed by atoms with Gasteiger partial charge >= 0.3 is 5.97 Å². The lowest BCUT2D eigenvalue weighted by Gasteiger charge is -2.29. The Bertz CT molecular complexity index is 774. The fourth-order valence-electron chi connectivity index (χ4n) is 2.70. The first-order chi connectivity index (χ1) is 12.5. The largest absolute Gasteiger partial charge is 0.465 e. The van der Waals surface area contributed by atoms with Crippen molar-refractivity contribution >= 4 is 23.5 Å². The van der Waals surface area contributed by atoms with Crippen molar-refractivity contribution in [1.82, 2.24) is 4.90 Å². The minimum Gasteiger partial charge on any atom is -0.465 e. The van der Waals surface area contributed by atoms with E-state index in [2.05, 4.69) is 10.1 Å². The van der Waals surface area contributed by atoms with Crippen LogP contribution in [0.1, 0.15) is 23.2 Å². The van der Waals surface area contributed by atoms with Crippen molar-refractivity contribution in [3.8, 4) is 6.07 Å². The smallest absolute Gasteiger partial charge is 0.339 e. The maximum Gasteiger partial charge on any atom is 0.339 e. The van der Waals surface area contributed by atoms with Gasteiger partial charge in [0.1, 0.15) is 11.6 Å². The molecule has 26 heavy (non-hydrogen) atoms. The number of hydrogen-bond donors (Lipinski definition) is 2. The molecule has 0 radical (unpaired) electrons. The molecule has 1 saturated heterocycles. The number of benzene rings is 1. The molecule has 0 unspecified atom stereocenters. The third kappa shape index (κ3) is 4.60. The van der Waals surface area contributed by atoms with Gasteiger partial charge in [0.25, 0.3) is 5.91 Å². The first kappa shape index (κ1) is 19.0. The zero-order valence-electron chi connectivity index (χ0n) is 14.4. The van der Waals surface area contributed by atoms with Crippen LogP contribution < -0.4 is 11.1 Å². The fourth-order valence-corrected chi connectivity index (χ4v) is 2.70. The van der Waals surface area contributed by atoms with Gasteiger partial charge in [-0.3, -0.25) is 9.59 Å². The molecular weight excluding hydrogens is 336 g/mol.